The molecule has 0 fully saturated rings. The summed E-state index contributed by atoms with van der Waals surface area (Å²) in [5, 5.41) is 10.8. The van der Waals surface area contributed by atoms with Gasteiger partial charge in [-0.2, -0.15) is 12.1 Å². The summed E-state index contributed by atoms with van der Waals surface area (Å²) < 4.78 is 0. The molecule has 171 valence electrons. The summed E-state index contributed by atoms with van der Waals surface area (Å²) in [4.78, 5) is 0. The van der Waals surface area contributed by atoms with Gasteiger partial charge in [0.2, 0.25) is 0 Å². The standard InChI is InChI=1S/2C14H11.C2H7Si.2ClH.Hf/c2*1-10-8-12-7-6-11-4-2-3-5-13(11)14(12)9-10;1-3-2;;;/h2*2-9H,1H3;3H,1-2H3;2*1H;/q2*-1;;;;+4/p-2. The van der Waals surface area contributed by atoms with Gasteiger partial charge >= 0.3 is 25.8 Å². The Balaban J connectivity index is 0.000000283. The van der Waals surface area contributed by atoms with Crippen molar-refractivity contribution < 1.29 is 50.7 Å². The van der Waals surface area contributed by atoms with Crippen molar-refractivity contribution in [1.82, 2.24) is 0 Å². The van der Waals surface area contributed by atoms with Gasteiger partial charge in [-0.3, -0.25) is 0 Å². The van der Waals surface area contributed by atoms with Crippen molar-refractivity contribution in [2.75, 3.05) is 0 Å². The van der Waals surface area contributed by atoms with Crippen LogP contribution in [-0.2, 0) is 25.8 Å². The number of rotatable bonds is 0. The molecule has 1 radical (unpaired) electrons. The minimum absolute atomic E-state index is 0. The van der Waals surface area contributed by atoms with E-state index in [0.29, 0.717) is 0 Å². The fourth-order valence-corrected chi connectivity index (χ4v) is 4.23. The first kappa shape index (κ1) is 30.3. The quantitative estimate of drug-likeness (QED) is 0.173. The van der Waals surface area contributed by atoms with Gasteiger partial charge < -0.3 is 24.8 Å². The van der Waals surface area contributed by atoms with E-state index in [2.05, 4.69) is 124 Å². The molecule has 0 aliphatic carbocycles. The van der Waals surface area contributed by atoms with Crippen LogP contribution >= 0.6 is 0 Å². The van der Waals surface area contributed by atoms with Gasteiger partial charge in [-0.1, -0.05) is 109 Å². The van der Waals surface area contributed by atoms with E-state index >= 15 is 0 Å². The van der Waals surface area contributed by atoms with E-state index in [9.17, 15) is 0 Å². The van der Waals surface area contributed by atoms with E-state index in [-0.39, 0.29) is 50.7 Å². The Bertz CT molecular complexity index is 1350. The molecule has 0 saturated carbocycles. The Morgan fingerprint density at radius 3 is 1.24 bits per heavy atom. The van der Waals surface area contributed by atoms with Crippen LogP contribution in [0, 0.1) is 13.8 Å². The molecule has 0 nitrogen and oxygen atoms in total. The smallest absolute Gasteiger partial charge is 1.00 e. The van der Waals surface area contributed by atoms with Crippen molar-refractivity contribution in [3.05, 3.63) is 108 Å². The number of halogens is 2. The molecule has 0 atom stereocenters. The zero-order valence-electron chi connectivity index (χ0n) is 20.1. The molecule has 0 aliphatic rings. The Morgan fingerprint density at radius 1 is 0.529 bits per heavy atom. The number of fused-ring (bicyclic) bond motifs is 6. The molecule has 0 aliphatic heterocycles. The summed E-state index contributed by atoms with van der Waals surface area (Å²) >= 11 is 0. The van der Waals surface area contributed by atoms with E-state index in [0.717, 1.165) is 9.52 Å². The SMILES string of the molecule is C[SiH]C.Cc1cc2ccc3ccccc3c2[cH-]1.Cc1cc2ccc3ccccc3c2[cH-]1.[Cl-].[Cl-].[Hf+4]. The zero-order chi connectivity index (χ0) is 21.8. The van der Waals surface area contributed by atoms with Crippen LogP contribution in [-0.4, -0.2) is 9.52 Å². The molecule has 6 aromatic rings. The fraction of sp³-hybridized carbons (Fsp3) is 0.133. The molecule has 0 bridgehead atoms. The fourth-order valence-electron chi connectivity index (χ4n) is 4.23. The zero-order valence-corrected chi connectivity index (χ0v) is 26.3. The first-order valence-corrected chi connectivity index (χ1v) is 13.2. The molecular formula is C30H29Cl2HfSi. The van der Waals surface area contributed by atoms with Gasteiger partial charge in [0.1, 0.15) is 0 Å². The Kier molecular flexibility index (Phi) is 12.5. The second-order valence-corrected chi connectivity index (χ2v) is 9.38. The van der Waals surface area contributed by atoms with E-state index in [1.54, 1.807) is 0 Å². The third kappa shape index (κ3) is 6.70. The third-order valence-electron chi connectivity index (χ3n) is 5.52. The van der Waals surface area contributed by atoms with E-state index in [4.69, 9.17) is 0 Å². The molecule has 6 aromatic carbocycles. The van der Waals surface area contributed by atoms with Gasteiger partial charge in [0, 0.05) is 9.52 Å². The predicted molar refractivity (Wildman–Crippen MR) is 142 cm³/mol. The summed E-state index contributed by atoms with van der Waals surface area (Å²) in [7, 11) is 0.750. The number of aryl methyl sites for hydroxylation is 2. The molecule has 6 rings (SSSR count). The summed E-state index contributed by atoms with van der Waals surface area (Å²) in [5.41, 5.74) is 2.69. The van der Waals surface area contributed by atoms with Crippen molar-refractivity contribution in [2.45, 2.75) is 26.9 Å². The minimum Gasteiger partial charge on any atom is -1.00 e. The summed E-state index contributed by atoms with van der Waals surface area (Å²) in [5.74, 6) is 0. The molecule has 0 spiro atoms. The topological polar surface area (TPSA) is 0 Å². The molecular weight excluding hydrogens is 638 g/mol. The Hall–Kier alpha value is -1.71. The van der Waals surface area contributed by atoms with Crippen LogP contribution in [0.4, 0.5) is 0 Å². The van der Waals surface area contributed by atoms with Crippen molar-refractivity contribution in [3.63, 3.8) is 0 Å². The van der Waals surface area contributed by atoms with Crippen molar-refractivity contribution in [1.29, 1.82) is 0 Å². The molecule has 0 saturated heterocycles. The molecule has 0 amide bonds. The number of hydrogen-bond acceptors (Lipinski definition) is 0. The van der Waals surface area contributed by atoms with Gasteiger partial charge in [-0.05, 0) is 0 Å². The van der Waals surface area contributed by atoms with Gasteiger partial charge in [-0.25, -0.2) is 0 Å². The van der Waals surface area contributed by atoms with Gasteiger partial charge in [0.05, 0.1) is 0 Å². The largest absolute Gasteiger partial charge is 4.00 e. The van der Waals surface area contributed by atoms with Gasteiger partial charge in [0.25, 0.3) is 0 Å². The molecule has 0 N–H and O–H groups in total. The van der Waals surface area contributed by atoms with Crippen LogP contribution in [0.3, 0.4) is 0 Å². The second kappa shape index (κ2) is 14.0. The normalized spacial score (nSPS) is 9.76. The van der Waals surface area contributed by atoms with E-state index in [1.165, 1.54) is 54.2 Å². The molecule has 4 heteroatoms. The third-order valence-corrected chi connectivity index (χ3v) is 5.52. The van der Waals surface area contributed by atoms with E-state index < -0.39 is 0 Å². The van der Waals surface area contributed by atoms with Crippen molar-refractivity contribution in [2.24, 2.45) is 0 Å². The van der Waals surface area contributed by atoms with E-state index in [1.807, 2.05) is 0 Å². The van der Waals surface area contributed by atoms with Crippen LogP contribution in [0.5, 0.6) is 0 Å². The number of benzene rings is 4. The van der Waals surface area contributed by atoms with Gasteiger partial charge in [-0.15, -0.1) is 56.9 Å². The summed E-state index contributed by atoms with van der Waals surface area (Å²) in [6, 6.07) is 34.9. The van der Waals surface area contributed by atoms with Gasteiger partial charge in [0.15, 0.2) is 0 Å². The van der Waals surface area contributed by atoms with Crippen LogP contribution in [0.2, 0.25) is 13.1 Å². The molecule has 34 heavy (non-hydrogen) atoms. The number of hydrogen-bond donors (Lipinski definition) is 0. The average Bonchev–Trinajstić information content (AvgIpc) is 3.36. The van der Waals surface area contributed by atoms with Crippen LogP contribution in [0.25, 0.3) is 43.1 Å². The summed E-state index contributed by atoms with van der Waals surface area (Å²) in [6.45, 7) is 8.71. The Labute approximate surface area is 236 Å². The predicted octanol–water partition coefficient (Wildman–Crippen LogP) is 2.57. The molecule has 0 aromatic heterocycles. The second-order valence-electron chi connectivity index (χ2n) is 8.22. The van der Waals surface area contributed by atoms with Crippen molar-refractivity contribution >= 4 is 52.6 Å². The maximum atomic E-state index is 2.26. The first-order chi connectivity index (χ1) is 15.1. The maximum Gasteiger partial charge on any atom is 4.00 e. The van der Waals surface area contributed by atoms with Crippen molar-refractivity contribution in [3.8, 4) is 0 Å². The summed E-state index contributed by atoms with van der Waals surface area (Å²) in [6.07, 6.45) is 0. The first-order valence-electron chi connectivity index (χ1n) is 10.9. The minimum atomic E-state index is 0. The van der Waals surface area contributed by atoms with Crippen LogP contribution < -0.4 is 24.8 Å². The van der Waals surface area contributed by atoms with Crippen LogP contribution in [0.1, 0.15) is 11.1 Å². The van der Waals surface area contributed by atoms with Crippen LogP contribution in [0.15, 0.2) is 97.1 Å². The Morgan fingerprint density at radius 2 is 0.853 bits per heavy atom. The monoisotopic (exact) mass is 667 g/mol. The molecule has 0 heterocycles. The molecule has 0 unspecified atom stereocenters. The maximum absolute atomic E-state index is 2.26. The average molecular weight is 667 g/mol.